The Balaban J connectivity index is 2.96. The van der Waals surface area contributed by atoms with Crippen molar-refractivity contribution in [3.63, 3.8) is 0 Å². The zero-order valence-corrected chi connectivity index (χ0v) is 7.06. The number of hydrogen-bond donors (Lipinski definition) is 0. The quantitative estimate of drug-likeness (QED) is 0.528. The Morgan fingerprint density at radius 2 is 2.36 bits per heavy atom. The largest absolute Gasteiger partial charge is 0.291 e. The Morgan fingerprint density at radius 3 is 2.91 bits per heavy atom. The molecule has 0 atom stereocenters. The van der Waals surface area contributed by atoms with Gasteiger partial charge in [0.2, 0.25) is 0 Å². The van der Waals surface area contributed by atoms with Crippen molar-refractivity contribution >= 4 is 29.0 Å². The molecule has 0 N–H and O–H groups in total. The first-order valence-corrected chi connectivity index (χ1v) is 3.86. The number of carbonyl (C=O) groups is 1. The number of carbonyl (C=O) groups excluding carboxylic acids is 1. The van der Waals surface area contributed by atoms with Crippen LogP contribution in [0.25, 0.3) is 0 Å². The van der Waals surface area contributed by atoms with Crippen LogP contribution in [0.2, 0.25) is 5.02 Å². The average molecular weight is 190 g/mol. The third-order valence-corrected chi connectivity index (χ3v) is 1.61. The summed E-state index contributed by atoms with van der Waals surface area (Å²) in [5, 5.41) is 0.494. The molecule has 0 aliphatic rings. The number of Topliss-reactive ketones (excluding diaryl/α,β-unsaturated/α-hetero) is 1. The standard InChI is InChI=1S/C7H5Cl2NO/c8-4-7(11)6-3-5(9)1-2-10-6/h1-3H,4H2. The number of pyridine rings is 1. The van der Waals surface area contributed by atoms with Crippen LogP contribution in [0.5, 0.6) is 0 Å². The fraction of sp³-hybridized carbons (Fsp3) is 0.143. The Labute approximate surface area is 74.1 Å². The monoisotopic (exact) mass is 189 g/mol. The number of aromatic nitrogens is 1. The lowest BCUT2D eigenvalue weighted by molar-refractivity contribution is 0.101. The molecule has 1 aromatic heterocycles. The third kappa shape index (κ3) is 2.17. The first kappa shape index (κ1) is 8.50. The summed E-state index contributed by atoms with van der Waals surface area (Å²) in [7, 11) is 0. The van der Waals surface area contributed by atoms with E-state index in [-0.39, 0.29) is 11.7 Å². The fourth-order valence-corrected chi connectivity index (χ4v) is 0.922. The summed E-state index contributed by atoms with van der Waals surface area (Å²) in [6.45, 7) is 0. The number of ketones is 1. The van der Waals surface area contributed by atoms with Gasteiger partial charge >= 0.3 is 0 Å². The summed E-state index contributed by atoms with van der Waals surface area (Å²) in [6, 6.07) is 3.10. The van der Waals surface area contributed by atoms with Gasteiger partial charge < -0.3 is 0 Å². The molecule has 0 unspecified atom stereocenters. The van der Waals surface area contributed by atoms with Crippen molar-refractivity contribution in [3.8, 4) is 0 Å². The molecule has 0 saturated heterocycles. The number of hydrogen-bond acceptors (Lipinski definition) is 2. The molecule has 4 heteroatoms. The van der Waals surface area contributed by atoms with Crippen LogP contribution >= 0.6 is 23.2 Å². The predicted octanol–water partition coefficient (Wildman–Crippen LogP) is 2.16. The van der Waals surface area contributed by atoms with E-state index in [0.29, 0.717) is 10.7 Å². The van der Waals surface area contributed by atoms with E-state index in [9.17, 15) is 4.79 Å². The lowest BCUT2D eigenvalue weighted by Crippen LogP contribution is -2.02. The highest BCUT2D eigenvalue weighted by Crippen LogP contribution is 2.08. The maximum atomic E-state index is 10.9. The molecule has 11 heavy (non-hydrogen) atoms. The fourth-order valence-electron chi connectivity index (χ4n) is 0.626. The lowest BCUT2D eigenvalue weighted by atomic mass is 10.3. The molecule has 2 nitrogen and oxygen atoms in total. The molecule has 1 aromatic rings. The Morgan fingerprint density at radius 1 is 1.64 bits per heavy atom. The van der Waals surface area contributed by atoms with Gasteiger partial charge in [0, 0.05) is 11.2 Å². The second kappa shape index (κ2) is 3.69. The minimum Gasteiger partial charge on any atom is -0.291 e. The zero-order chi connectivity index (χ0) is 8.27. The maximum Gasteiger partial charge on any atom is 0.195 e. The molecule has 58 valence electrons. The number of alkyl halides is 1. The summed E-state index contributed by atoms with van der Waals surface area (Å²) in [5.41, 5.74) is 0.313. The van der Waals surface area contributed by atoms with Crippen molar-refractivity contribution in [1.82, 2.24) is 4.98 Å². The minimum absolute atomic E-state index is 0.0622. The van der Waals surface area contributed by atoms with E-state index >= 15 is 0 Å². The van der Waals surface area contributed by atoms with Crippen LogP contribution in [0, 0.1) is 0 Å². The molecule has 0 aliphatic carbocycles. The zero-order valence-electron chi connectivity index (χ0n) is 5.55. The Kier molecular flexibility index (Phi) is 2.85. The number of nitrogens with zero attached hydrogens (tertiary/aromatic N) is 1. The molecule has 0 spiro atoms. The van der Waals surface area contributed by atoms with Crippen LogP contribution in [0.3, 0.4) is 0 Å². The van der Waals surface area contributed by atoms with E-state index in [2.05, 4.69) is 4.98 Å². The van der Waals surface area contributed by atoms with Gasteiger partial charge in [0.25, 0.3) is 0 Å². The van der Waals surface area contributed by atoms with Crippen LogP contribution in [-0.4, -0.2) is 16.6 Å². The average Bonchev–Trinajstić information content (AvgIpc) is 2.03. The highest BCUT2D eigenvalue weighted by atomic mass is 35.5. The summed E-state index contributed by atoms with van der Waals surface area (Å²) in [5.74, 6) is -0.276. The van der Waals surface area contributed by atoms with Gasteiger partial charge in [-0.05, 0) is 12.1 Å². The van der Waals surface area contributed by atoms with Crippen molar-refractivity contribution < 1.29 is 4.79 Å². The van der Waals surface area contributed by atoms with Crippen LogP contribution < -0.4 is 0 Å². The van der Waals surface area contributed by atoms with E-state index in [4.69, 9.17) is 23.2 Å². The van der Waals surface area contributed by atoms with Gasteiger partial charge in [-0.3, -0.25) is 9.78 Å². The second-order valence-corrected chi connectivity index (χ2v) is 2.62. The topological polar surface area (TPSA) is 30.0 Å². The molecule has 0 radical (unpaired) electrons. The van der Waals surface area contributed by atoms with Gasteiger partial charge in [0.15, 0.2) is 5.78 Å². The summed E-state index contributed by atoms with van der Waals surface area (Å²) >= 11 is 10.9. The molecule has 0 saturated carbocycles. The molecule has 0 amide bonds. The van der Waals surface area contributed by atoms with Gasteiger partial charge in [0.05, 0.1) is 5.88 Å². The molecule has 0 fully saturated rings. The highest BCUT2D eigenvalue weighted by molar-refractivity contribution is 6.32. The Hall–Kier alpha value is -0.600. The predicted molar refractivity (Wildman–Crippen MR) is 44.3 cm³/mol. The first-order chi connectivity index (χ1) is 5.24. The minimum atomic E-state index is -0.214. The van der Waals surface area contributed by atoms with Crippen LogP contribution in [0.4, 0.5) is 0 Å². The van der Waals surface area contributed by atoms with E-state index in [1.54, 1.807) is 6.07 Å². The summed E-state index contributed by atoms with van der Waals surface area (Å²) in [6.07, 6.45) is 1.47. The van der Waals surface area contributed by atoms with Crippen molar-refractivity contribution in [2.75, 3.05) is 5.88 Å². The molecular formula is C7H5Cl2NO. The van der Waals surface area contributed by atoms with Crippen LogP contribution in [0.15, 0.2) is 18.3 Å². The van der Waals surface area contributed by atoms with Gasteiger partial charge in [-0.2, -0.15) is 0 Å². The molecule has 1 heterocycles. The highest BCUT2D eigenvalue weighted by Gasteiger charge is 2.04. The van der Waals surface area contributed by atoms with Crippen molar-refractivity contribution in [2.45, 2.75) is 0 Å². The van der Waals surface area contributed by atoms with Gasteiger partial charge in [-0.25, -0.2) is 0 Å². The van der Waals surface area contributed by atoms with Crippen molar-refractivity contribution in [3.05, 3.63) is 29.0 Å². The summed E-state index contributed by atoms with van der Waals surface area (Å²) < 4.78 is 0. The van der Waals surface area contributed by atoms with E-state index in [1.165, 1.54) is 12.3 Å². The van der Waals surface area contributed by atoms with Gasteiger partial charge in [0.1, 0.15) is 5.69 Å². The Bertz CT molecular complexity index is 275. The van der Waals surface area contributed by atoms with E-state index in [1.807, 2.05) is 0 Å². The van der Waals surface area contributed by atoms with Crippen molar-refractivity contribution in [2.24, 2.45) is 0 Å². The third-order valence-electron chi connectivity index (χ3n) is 1.13. The van der Waals surface area contributed by atoms with Crippen molar-refractivity contribution in [1.29, 1.82) is 0 Å². The van der Waals surface area contributed by atoms with Gasteiger partial charge in [-0.1, -0.05) is 11.6 Å². The number of rotatable bonds is 2. The first-order valence-electron chi connectivity index (χ1n) is 2.95. The van der Waals surface area contributed by atoms with Gasteiger partial charge in [-0.15, -0.1) is 11.6 Å². The smallest absolute Gasteiger partial charge is 0.195 e. The molecule has 0 bridgehead atoms. The number of halogens is 2. The molecule has 1 rings (SSSR count). The summed E-state index contributed by atoms with van der Waals surface area (Å²) in [4.78, 5) is 14.7. The van der Waals surface area contributed by atoms with E-state index < -0.39 is 0 Å². The normalized spacial score (nSPS) is 9.64. The van der Waals surface area contributed by atoms with Crippen LogP contribution in [-0.2, 0) is 0 Å². The van der Waals surface area contributed by atoms with Crippen LogP contribution in [0.1, 0.15) is 10.5 Å². The SMILES string of the molecule is O=C(CCl)c1cc(Cl)ccn1. The molecule has 0 aromatic carbocycles. The van der Waals surface area contributed by atoms with E-state index in [0.717, 1.165) is 0 Å². The lowest BCUT2D eigenvalue weighted by Gasteiger charge is -1.94. The molecule has 0 aliphatic heterocycles. The second-order valence-electron chi connectivity index (χ2n) is 1.92. The molecular weight excluding hydrogens is 185 g/mol. The maximum absolute atomic E-state index is 10.9.